The molecule has 148 valence electrons. The minimum absolute atomic E-state index is 0. The topological polar surface area (TPSA) is 78.1 Å². The summed E-state index contributed by atoms with van der Waals surface area (Å²) >= 11 is 6.04. The van der Waals surface area contributed by atoms with Gasteiger partial charge in [0.05, 0.1) is 25.8 Å². The monoisotopic (exact) mass is 513 g/mol. The van der Waals surface area contributed by atoms with Crippen molar-refractivity contribution in [2.45, 2.75) is 13.2 Å². The molecule has 2 aromatic rings. The predicted molar refractivity (Wildman–Crippen MR) is 112 cm³/mol. The molecule has 0 aliphatic rings. The number of methoxy groups -OCH3 is 2. The molecule has 0 amide bonds. The molecule has 0 radical (unpaired) electrons. The molecule has 0 fully saturated rings. The number of anilines is 1. The van der Waals surface area contributed by atoms with Crippen LogP contribution in [0.15, 0.2) is 41.4 Å². The molecule has 0 atom stereocenters. The summed E-state index contributed by atoms with van der Waals surface area (Å²) in [5, 5.41) is 3.31. The van der Waals surface area contributed by atoms with Gasteiger partial charge in [0, 0.05) is 5.69 Å². The Kier molecular flexibility index (Phi) is 9.36. The van der Waals surface area contributed by atoms with Crippen LogP contribution < -0.4 is 25.3 Å². The van der Waals surface area contributed by atoms with Crippen LogP contribution in [0.25, 0.3) is 0 Å². The number of hydrogen-bond acceptors (Lipinski definition) is 4. The minimum Gasteiger partial charge on any atom is -0.495 e. The number of ether oxygens (including phenoxy) is 3. The number of aliphatic imine (C=N–C) groups is 1. The summed E-state index contributed by atoms with van der Waals surface area (Å²) in [4.78, 5) is 4.16. The van der Waals surface area contributed by atoms with E-state index in [1.807, 2.05) is 0 Å². The Morgan fingerprint density at radius 3 is 2.37 bits per heavy atom. The van der Waals surface area contributed by atoms with E-state index >= 15 is 0 Å². The van der Waals surface area contributed by atoms with Crippen LogP contribution in [-0.2, 0) is 6.54 Å². The molecule has 6 nitrogen and oxygen atoms in total. The lowest BCUT2D eigenvalue weighted by atomic mass is 10.2. The summed E-state index contributed by atoms with van der Waals surface area (Å²) in [6, 6.07) is 9.69. The average Bonchev–Trinajstić information content (AvgIpc) is 2.60. The number of nitrogens with two attached hydrogens (primary N) is 1. The zero-order chi connectivity index (χ0) is 19.1. The zero-order valence-corrected chi connectivity index (χ0v) is 17.6. The van der Waals surface area contributed by atoms with Crippen molar-refractivity contribution in [2.75, 3.05) is 19.5 Å². The van der Waals surface area contributed by atoms with E-state index in [0.29, 0.717) is 22.0 Å². The smallest absolute Gasteiger partial charge is 0.387 e. The van der Waals surface area contributed by atoms with E-state index in [0.717, 1.165) is 0 Å². The second-order valence-electron chi connectivity index (χ2n) is 5.04. The van der Waals surface area contributed by atoms with Gasteiger partial charge in [-0.05, 0) is 35.9 Å². The summed E-state index contributed by atoms with van der Waals surface area (Å²) in [5.41, 5.74) is 7.09. The van der Waals surface area contributed by atoms with Gasteiger partial charge >= 0.3 is 6.61 Å². The molecule has 27 heavy (non-hydrogen) atoms. The number of guanidine groups is 1. The third-order valence-electron chi connectivity index (χ3n) is 3.30. The molecule has 2 rings (SSSR count). The standard InChI is InChI=1S/C17H18ClF2N3O3.HI/c1-24-13-6-4-11(8-12(13)18)23-17(21)22-9-10-3-5-14(25-2)15(7-10)26-16(19)20;/h3-8,16H,9H2,1-2H3,(H3,21,22,23);1H. The molecule has 0 saturated carbocycles. The first-order valence-electron chi connectivity index (χ1n) is 7.45. The number of alkyl halides is 2. The summed E-state index contributed by atoms with van der Waals surface area (Å²) in [6.45, 7) is -2.79. The fourth-order valence-corrected chi connectivity index (χ4v) is 2.37. The molecule has 0 saturated heterocycles. The zero-order valence-electron chi connectivity index (χ0n) is 14.5. The van der Waals surface area contributed by atoms with Gasteiger partial charge in [0.15, 0.2) is 17.5 Å². The third kappa shape index (κ3) is 6.90. The highest BCUT2D eigenvalue weighted by atomic mass is 127. The molecule has 0 heterocycles. The predicted octanol–water partition coefficient (Wildman–Crippen LogP) is 4.50. The van der Waals surface area contributed by atoms with Crippen LogP contribution in [0.1, 0.15) is 5.56 Å². The van der Waals surface area contributed by atoms with Crippen molar-refractivity contribution in [3.05, 3.63) is 47.0 Å². The van der Waals surface area contributed by atoms with Gasteiger partial charge in [-0.25, -0.2) is 4.99 Å². The molecule has 2 aromatic carbocycles. The summed E-state index contributed by atoms with van der Waals surface area (Å²) < 4.78 is 39.4. The van der Waals surface area contributed by atoms with E-state index < -0.39 is 6.61 Å². The van der Waals surface area contributed by atoms with E-state index in [4.69, 9.17) is 26.8 Å². The first-order valence-corrected chi connectivity index (χ1v) is 7.83. The lowest BCUT2D eigenvalue weighted by Gasteiger charge is -2.11. The first-order chi connectivity index (χ1) is 12.4. The van der Waals surface area contributed by atoms with Crippen molar-refractivity contribution in [1.29, 1.82) is 0 Å². The van der Waals surface area contributed by atoms with Crippen molar-refractivity contribution in [3.8, 4) is 17.2 Å². The second kappa shape index (κ2) is 11.0. The summed E-state index contributed by atoms with van der Waals surface area (Å²) in [6.07, 6.45) is 0. The highest BCUT2D eigenvalue weighted by Crippen LogP contribution is 2.30. The summed E-state index contributed by atoms with van der Waals surface area (Å²) in [5.74, 6) is 0.816. The van der Waals surface area contributed by atoms with E-state index in [2.05, 4.69) is 15.0 Å². The summed E-state index contributed by atoms with van der Waals surface area (Å²) in [7, 11) is 2.89. The van der Waals surface area contributed by atoms with E-state index in [1.54, 1.807) is 24.3 Å². The Balaban J connectivity index is 0.00000364. The van der Waals surface area contributed by atoms with Crippen LogP contribution in [0.5, 0.6) is 17.2 Å². The highest BCUT2D eigenvalue weighted by Gasteiger charge is 2.11. The van der Waals surface area contributed by atoms with Crippen molar-refractivity contribution >= 4 is 47.2 Å². The van der Waals surface area contributed by atoms with Gasteiger partial charge in [-0.2, -0.15) is 8.78 Å². The normalized spacial score (nSPS) is 11.0. The van der Waals surface area contributed by atoms with Crippen molar-refractivity contribution in [1.82, 2.24) is 0 Å². The maximum absolute atomic E-state index is 12.5. The molecule has 10 heteroatoms. The molecule has 0 aromatic heterocycles. The fourth-order valence-electron chi connectivity index (χ4n) is 2.12. The SMILES string of the molecule is COc1ccc(NC(N)=NCc2ccc(OC)c(OC(F)F)c2)cc1Cl.I. The highest BCUT2D eigenvalue weighted by molar-refractivity contribution is 14.0. The van der Waals surface area contributed by atoms with Crippen molar-refractivity contribution in [2.24, 2.45) is 10.7 Å². The van der Waals surface area contributed by atoms with Crippen LogP contribution in [0.4, 0.5) is 14.5 Å². The Hall–Kier alpha value is -2.01. The largest absolute Gasteiger partial charge is 0.495 e. The maximum Gasteiger partial charge on any atom is 0.387 e. The average molecular weight is 514 g/mol. The van der Waals surface area contributed by atoms with Gasteiger partial charge in [-0.1, -0.05) is 17.7 Å². The van der Waals surface area contributed by atoms with Crippen molar-refractivity contribution < 1.29 is 23.0 Å². The number of hydrogen-bond donors (Lipinski definition) is 2. The number of nitrogens with one attached hydrogen (secondary N) is 1. The lowest BCUT2D eigenvalue weighted by molar-refractivity contribution is -0.0512. The minimum atomic E-state index is -2.95. The number of halogens is 4. The molecular formula is C17H19ClF2IN3O3. The van der Waals surface area contributed by atoms with Crippen LogP contribution in [0.2, 0.25) is 5.02 Å². The van der Waals surface area contributed by atoms with E-state index in [1.165, 1.54) is 26.4 Å². The Morgan fingerprint density at radius 1 is 1.11 bits per heavy atom. The quantitative estimate of drug-likeness (QED) is 0.324. The van der Waals surface area contributed by atoms with Gasteiger partial charge < -0.3 is 25.3 Å². The van der Waals surface area contributed by atoms with Gasteiger partial charge in [-0.3, -0.25) is 0 Å². The van der Waals surface area contributed by atoms with Crippen LogP contribution in [0.3, 0.4) is 0 Å². The Labute approximate surface area is 177 Å². The van der Waals surface area contributed by atoms with E-state index in [-0.39, 0.29) is 48.0 Å². The molecule has 0 spiro atoms. The first kappa shape index (κ1) is 23.0. The van der Waals surface area contributed by atoms with Gasteiger partial charge in [0.2, 0.25) is 0 Å². The van der Waals surface area contributed by atoms with Crippen LogP contribution in [0, 0.1) is 0 Å². The third-order valence-corrected chi connectivity index (χ3v) is 3.60. The number of rotatable bonds is 7. The molecule has 3 N–H and O–H groups in total. The molecule has 0 bridgehead atoms. The van der Waals surface area contributed by atoms with Gasteiger partial charge in [0.25, 0.3) is 0 Å². The van der Waals surface area contributed by atoms with Crippen molar-refractivity contribution in [3.63, 3.8) is 0 Å². The van der Waals surface area contributed by atoms with Gasteiger partial charge in [-0.15, -0.1) is 24.0 Å². The van der Waals surface area contributed by atoms with Crippen LogP contribution in [-0.4, -0.2) is 26.8 Å². The molecule has 0 aliphatic carbocycles. The fraction of sp³-hybridized carbons (Fsp3) is 0.235. The van der Waals surface area contributed by atoms with Crippen LogP contribution >= 0.6 is 35.6 Å². The van der Waals surface area contributed by atoms with E-state index in [9.17, 15) is 8.78 Å². The Morgan fingerprint density at radius 2 is 1.78 bits per heavy atom. The Bertz CT molecular complexity index is 794. The lowest BCUT2D eigenvalue weighted by Crippen LogP contribution is -2.22. The molecule has 0 aliphatic heterocycles. The van der Waals surface area contributed by atoms with Gasteiger partial charge in [0.1, 0.15) is 5.75 Å². The number of nitrogens with zero attached hydrogens (tertiary/aromatic N) is 1. The molecule has 0 unspecified atom stereocenters. The number of benzene rings is 2. The second-order valence-corrected chi connectivity index (χ2v) is 5.45. The maximum atomic E-state index is 12.5. The molecular weight excluding hydrogens is 495 g/mol.